The minimum atomic E-state index is 0. The van der Waals surface area contributed by atoms with E-state index in [0.717, 1.165) is 5.56 Å². The number of halogens is 2. The van der Waals surface area contributed by atoms with Gasteiger partial charge in [-0.15, -0.1) is 24.0 Å². The molecule has 0 saturated heterocycles. The van der Waals surface area contributed by atoms with E-state index < -0.39 is 0 Å². The summed E-state index contributed by atoms with van der Waals surface area (Å²) in [6, 6.07) is 5.53. The van der Waals surface area contributed by atoms with Crippen LogP contribution in [0.3, 0.4) is 0 Å². The van der Waals surface area contributed by atoms with Gasteiger partial charge in [-0.25, -0.2) is 4.99 Å². The topological polar surface area (TPSA) is 68.9 Å². The highest BCUT2D eigenvalue weighted by molar-refractivity contribution is 14.0. The van der Waals surface area contributed by atoms with Gasteiger partial charge in [-0.05, 0) is 19.1 Å². The fourth-order valence-corrected chi connectivity index (χ4v) is 1.77. The molecule has 0 radical (unpaired) electrons. The van der Waals surface area contributed by atoms with Crippen molar-refractivity contribution in [1.29, 1.82) is 0 Å². The lowest BCUT2D eigenvalue weighted by atomic mass is 10.2. The summed E-state index contributed by atoms with van der Waals surface area (Å²) >= 11 is 5.90. The summed E-state index contributed by atoms with van der Waals surface area (Å²) in [5.74, 6) is 1.08. The van der Waals surface area contributed by atoms with Crippen LogP contribution in [0.1, 0.15) is 12.5 Å². The Hall–Kier alpha value is -0.730. The van der Waals surface area contributed by atoms with E-state index in [1.807, 2.05) is 13.0 Å². The highest BCUT2D eigenvalue weighted by Crippen LogP contribution is 2.23. The first-order valence-electron chi connectivity index (χ1n) is 5.94. The molecule has 0 spiro atoms. The number of aliphatic imine (C=N–C) groups is 1. The van der Waals surface area contributed by atoms with E-state index in [9.17, 15) is 0 Å². The molecule has 5 nitrogen and oxygen atoms in total. The molecule has 1 rings (SSSR count). The van der Waals surface area contributed by atoms with Crippen LogP contribution in [0.5, 0.6) is 5.75 Å². The molecule has 3 N–H and O–H groups in total. The van der Waals surface area contributed by atoms with Gasteiger partial charge in [0.15, 0.2) is 5.96 Å². The maximum absolute atomic E-state index is 5.90. The maximum atomic E-state index is 5.90. The highest BCUT2D eigenvalue weighted by Gasteiger charge is 2.05. The van der Waals surface area contributed by atoms with E-state index in [1.54, 1.807) is 26.4 Å². The lowest BCUT2D eigenvalue weighted by Gasteiger charge is -2.13. The third-order valence-electron chi connectivity index (χ3n) is 2.48. The summed E-state index contributed by atoms with van der Waals surface area (Å²) in [6.07, 6.45) is 0. The van der Waals surface area contributed by atoms with Gasteiger partial charge >= 0.3 is 0 Å². The maximum Gasteiger partial charge on any atom is 0.189 e. The molecule has 0 amide bonds. The fraction of sp³-hybridized carbons (Fsp3) is 0.462. The number of guanidine groups is 1. The minimum Gasteiger partial charge on any atom is -0.496 e. The van der Waals surface area contributed by atoms with Crippen LogP contribution in [-0.2, 0) is 11.3 Å². The predicted molar refractivity (Wildman–Crippen MR) is 93.2 cm³/mol. The number of nitrogens with zero attached hydrogens (tertiary/aromatic N) is 1. The Morgan fingerprint density at radius 1 is 1.45 bits per heavy atom. The minimum absolute atomic E-state index is 0. The van der Waals surface area contributed by atoms with Gasteiger partial charge in [0.1, 0.15) is 5.75 Å². The molecule has 1 atom stereocenters. The summed E-state index contributed by atoms with van der Waals surface area (Å²) in [4.78, 5) is 4.26. The zero-order chi connectivity index (χ0) is 14.3. The number of benzene rings is 1. The lowest BCUT2D eigenvalue weighted by Crippen LogP contribution is -2.40. The summed E-state index contributed by atoms with van der Waals surface area (Å²) in [7, 11) is 3.24. The quantitative estimate of drug-likeness (QED) is 0.427. The van der Waals surface area contributed by atoms with Crippen LogP contribution in [0, 0.1) is 0 Å². The molecule has 0 heterocycles. The zero-order valence-corrected chi connectivity index (χ0v) is 14.9. The van der Waals surface area contributed by atoms with Crippen LogP contribution < -0.4 is 15.8 Å². The summed E-state index contributed by atoms with van der Waals surface area (Å²) in [6.45, 7) is 2.97. The average Bonchev–Trinajstić information content (AvgIpc) is 2.37. The fourth-order valence-electron chi connectivity index (χ4n) is 1.61. The second kappa shape index (κ2) is 10.1. The van der Waals surface area contributed by atoms with Crippen LogP contribution in [0.2, 0.25) is 5.02 Å². The number of rotatable bonds is 6. The van der Waals surface area contributed by atoms with Crippen LogP contribution in [0.4, 0.5) is 0 Å². The van der Waals surface area contributed by atoms with Crippen LogP contribution in [0.25, 0.3) is 0 Å². The van der Waals surface area contributed by atoms with Crippen molar-refractivity contribution in [3.05, 3.63) is 28.8 Å². The van der Waals surface area contributed by atoms with Crippen molar-refractivity contribution < 1.29 is 9.47 Å². The number of hydrogen-bond donors (Lipinski definition) is 2. The van der Waals surface area contributed by atoms with Crippen molar-refractivity contribution in [3.63, 3.8) is 0 Å². The van der Waals surface area contributed by atoms with Gasteiger partial charge in [-0.2, -0.15) is 0 Å². The van der Waals surface area contributed by atoms with Gasteiger partial charge in [0.05, 0.1) is 20.3 Å². The SMILES string of the molecule is COCC(C)NC(N)=NCc1ccc(Cl)cc1OC.I. The number of hydrogen-bond acceptors (Lipinski definition) is 3. The Morgan fingerprint density at radius 3 is 2.75 bits per heavy atom. The molecule has 1 unspecified atom stereocenters. The molecule has 0 aliphatic rings. The van der Waals surface area contributed by atoms with E-state index in [-0.39, 0.29) is 30.0 Å². The summed E-state index contributed by atoms with van der Waals surface area (Å²) in [5.41, 5.74) is 6.72. The van der Waals surface area contributed by atoms with Crippen molar-refractivity contribution in [2.45, 2.75) is 19.5 Å². The van der Waals surface area contributed by atoms with Crippen LogP contribution >= 0.6 is 35.6 Å². The first-order valence-corrected chi connectivity index (χ1v) is 6.32. The molecular weight excluding hydrogens is 393 g/mol. The Bertz CT molecular complexity index is 444. The van der Waals surface area contributed by atoms with Crippen molar-refractivity contribution >= 4 is 41.5 Å². The standard InChI is InChI=1S/C13H20ClN3O2.HI/c1-9(8-18-2)17-13(15)16-7-10-4-5-11(14)6-12(10)19-3;/h4-6,9H,7-8H2,1-3H3,(H3,15,16,17);1H. The molecule has 7 heteroatoms. The lowest BCUT2D eigenvalue weighted by molar-refractivity contribution is 0.179. The monoisotopic (exact) mass is 413 g/mol. The molecule has 20 heavy (non-hydrogen) atoms. The van der Waals surface area contributed by atoms with Crippen molar-refractivity contribution in [2.24, 2.45) is 10.7 Å². The molecule has 1 aromatic carbocycles. The Balaban J connectivity index is 0.00000361. The predicted octanol–water partition coefficient (Wildman–Crippen LogP) is 2.41. The number of ether oxygens (including phenoxy) is 2. The van der Waals surface area contributed by atoms with Crippen LogP contribution in [0.15, 0.2) is 23.2 Å². The first-order chi connectivity index (χ1) is 9.06. The molecular formula is C13H21ClIN3O2. The molecule has 0 fully saturated rings. The van der Waals surface area contributed by atoms with E-state index >= 15 is 0 Å². The average molecular weight is 414 g/mol. The molecule has 0 aliphatic carbocycles. The molecule has 0 saturated carbocycles. The van der Waals surface area contributed by atoms with Gasteiger partial charge in [0, 0.05) is 23.7 Å². The number of methoxy groups -OCH3 is 2. The van der Waals surface area contributed by atoms with Gasteiger partial charge < -0.3 is 20.5 Å². The Morgan fingerprint density at radius 2 is 2.15 bits per heavy atom. The molecule has 114 valence electrons. The Labute approximate surface area is 141 Å². The third-order valence-corrected chi connectivity index (χ3v) is 2.71. The van der Waals surface area contributed by atoms with Crippen molar-refractivity contribution in [3.8, 4) is 5.75 Å². The van der Waals surface area contributed by atoms with E-state index in [2.05, 4.69) is 10.3 Å². The number of nitrogens with two attached hydrogens (primary N) is 1. The molecule has 0 bridgehead atoms. The highest BCUT2D eigenvalue weighted by atomic mass is 127. The van der Waals surface area contributed by atoms with Gasteiger partial charge in [0.25, 0.3) is 0 Å². The van der Waals surface area contributed by atoms with Gasteiger partial charge in [0.2, 0.25) is 0 Å². The largest absolute Gasteiger partial charge is 0.496 e. The molecule has 0 aliphatic heterocycles. The Kier molecular flexibility index (Phi) is 9.70. The second-order valence-electron chi connectivity index (χ2n) is 4.16. The van der Waals surface area contributed by atoms with Crippen LogP contribution in [-0.4, -0.2) is 32.8 Å². The second-order valence-corrected chi connectivity index (χ2v) is 4.59. The summed E-state index contributed by atoms with van der Waals surface area (Å²) in [5, 5.41) is 3.66. The third kappa shape index (κ3) is 6.62. The van der Waals surface area contributed by atoms with Gasteiger partial charge in [-0.3, -0.25) is 0 Å². The normalized spacial score (nSPS) is 12.5. The van der Waals surface area contributed by atoms with E-state index in [1.165, 1.54) is 0 Å². The molecule has 0 aromatic heterocycles. The smallest absolute Gasteiger partial charge is 0.189 e. The zero-order valence-electron chi connectivity index (χ0n) is 11.9. The van der Waals surface area contributed by atoms with Crippen molar-refractivity contribution in [2.75, 3.05) is 20.8 Å². The van der Waals surface area contributed by atoms with Crippen molar-refractivity contribution in [1.82, 2.24) is 5.32 Å². The van der Waals surface area contributed by atoms with E-state index in [0.29, 0.717) is 29.9 Å². The first kappa shape index (κ1) is 19.3. The summed E-state index contributed by atoms with van der Waals surface area (Å²) < 4.78 is 10.3. The van der Waals surface area contributed by atoms with Gasteiger partial charge in [-0.1, -0.05) is 17.7 Å². The molecule has 1 aromatic rings. The van der Waals surface area contributed by atoms with E-state index in [4.69, 9.17) is 26.8 Å². The number of nitrogens with one attached hydrogen (secondary N) is 1.